The van der Waals surface area contributed by atoms with Gasteiger partial charge in [-0.3, -0.25) is 4.79 Å². The maximum absolute atomic E-state index is 13.3. The van der Waals surface area contributed by atoms with Crippen molar-refractivity contribution in [2.75, 3.05) is 25.5 Å². The summed E-state index contributed by atoms with van der Waals surface area (Å²) in [4.78, 5) is 25.7. The van der Waals surface area contributed by atoms with Crippen LogP contribution in [0.4, 0.5) is 5.82 Å². The molecular formula is C23H28N8O2. The summed E-state index contributed by atoms with van der Waals surface area (Å²) in [5.41, 5.74) is 3.68. The molecule has 5 heterocycles. The third-order valence-corrected chi connectivity index (χ3v) is 6.80. The lowest BCUT2D eigenvalue weighted by atomic mass is 9.86. The van der Waals surface area contributed by atoms with E-state index in [0.717, 1.165) is 54.0 Å². The van der Waals surface area contributed by atoms with Crippen molar-refractivity contribution in [3.8, 4) is 17.3 Å². The first kappa shape index (κ1) is 21.3. The van der Waals surface area contributed by atoms with Crippen molar-refractivity contribution in [1.29, 1.82) is 0 Å². The minimum atomic E-state index is -0.254. The van der Waals surface area contributed by atoms with Gasteiger partial charge in [0.15, 0.2) is 0 Å². The minimum Gasteiger partial charge on any atom is -0.481 e. The molecule has 10 nitrogen and oxygen atoms in total. The highest BCUT2D eigenvalue weighted by molar-refractivity contribution is 5.84. The van der Waals surface area contributed by atoms with Crippen molar-refractivity contribution in [3.63, 3.8) is 0 Å². The van der Waals surface area contributed by atoms with Gasteiger partial charge in [0.25, 0.3) is 0 Å². The Morgan fingerprint density at radius 1 is 1.30 bits per heavy atom. The van der Waals surface area contributed by atoms with E-state index in [9.17, 15) is 4.79 Å². The topological polar surface area (TPSA) is 111 Å². The molecule has 0 aliphatic carbocycles. The van der Waals surface area contributed by atoms with Gasteiger partial charge in [0, 0.05) is 30.9 Å². The number of carbonyl (C=O) groups is 1. The van der Waals surface area contributed by atoms with Gasteiger partial charge in [0.05, 0.1) is 31.3 Å². The van der Waals surface area contributed by atoms with E-state index in [1.165, 1.54) is 4.80 Å². The van der Waals surface area contributed by atoms with Crippen molar-refractivity contribution >= 4 is 11.7 Å². The molecule has 5 rings (SSSR count). The molecule has 1 spiro atoms. The van der Waals surface area contributed by atoms with E-state index in [1.807, 2.05) is 30.9 Å². The van der Waals surface area contributed by atoms with Crippen LogP contribution in [-0.2, 0) is 18.3 Å². The number of rotatable bonds is 4. The van der Waals surface area contributed by atoms with E-state index in [0.29, 0.717) is 18.2 Å². The zero-order chi connectivity index (χ0) is 23.2. The number of aryl methyl sites for hydroxylation is 3. The van der Waals surface area contributed by atoms with Crippen LogP contribution in [-0.4, -0.2) is 66.7 Å². The van der Waals surface area contributed by atoms with Gasteiger partial charge in [0.1, 0.15) is 5.82 Å². The molecule has 0 radical (unpaired) electrons. The molecule has 10 heteroatoms. The van der Waals surface area contributed by atoms with Crippen LogP contribution in [0.5, 0.6) is 5.88 Å². The van der Waals surface area contributed by atoms with Crippen molar-refractivity contribution in [2.24, 2.45) is 7.05 Å². The second-order valence-electron chi connectivity index (χ2n) is 9.00. The van der Waals surface area contributed by atoms with E-state index >= 15 is 0 Å². The fourth-order valence-corrected chi connectivity index (χ4v) is 4.84. The summed E-state index contributed by atoms with van der Waals surface area (Å²) in [6.07, 6.45) is 4.42. The van der Waals surface area contributed by atoms with E-state index in [-0.39, 0.29) is 17.4 Å². The van der Waals surface area contributed by atoms with Crippen LogP contribution in [0.1, 0.15) is 42.5 Å². The molecule has 1 N–H and O–H groups in total. The van der Waals surface area contributed by atoms with E-state index < -0.39 is 0 Å². The Balaban J connectivity index is 1.32. The number of hydrogen-bond acceptors (Lipinski definition) is 8. The summed E-state index contributed by atoms with van der Waals surface area (Å²) in [6.45, 7) is 5.31. The van der Waals surface area contributed by atoms with Crippen LogP contribution >= 0.6 is 0 Å². The quantitative estimate of drug-likeness (QED) is 0.646. The fourth-order valence-electron chi connectivity index (χ4n) is 4.84. The summed E-state index contributed by atoms with van der Waals surface area (Å²) in [7, 11) is 3.33. The number of methoxy groups -OCH3 is 1. The Bertz CT molecular complexity index is 1210. The molecule has 1 fully saturated rings. The average Bonchev–Trinajstić information content (AvgIpc) is 3.44. The zero-order valence-corrected chi connectivity index (χ0v) is 19.4. The molecule has 2 atom stereocenters. The zero-order valence-electron chi connectivity index (χ0n) is 19.4. The molecule has 172 valence electrons. The summed E-state index contributed by atoms with van der Waals surface area (Å²) in [6, 6.07) is 5.83. The third kappa shape index (κ3) is 3.90. The summed E-state index contributed by atoms with van der Waals surface area (Å²) < 4.78 is 5.22. The highest BCUT2D eigenvalue weighted by Gasteiger charge is 2.43. The molecule has 3 aromatic heterocycles. The largest absolute Gasteiger partial charge is 0.481 e. The first-order valence-corrected chi connectivity index (χ1v) is 11.2. The van der Waals surface area contributed by atoms with Crippen LogP contribution in [0, 0.1) is 6.92 Å². The number of pyridine rings is 2. The minimum absolute atomic E-state index is 0.126. The van der Waals surface area contributed by atoms with Crippen molar-refractivity contribution in [1.82, 2.24) is 35.1 Å². The number of fused-ring (bicyclic) bond motifs is 1. The van der Waals surface area contributed by atoms with Gasteiger partial charge < -0.3 is 15.0 Å². The molecule has 2 aliphatic heterocycles. The smallest absolute Gasteiger partial charge is 0.229 e. The van der Waals surface area contributed by atoms with Crippen LogP contribution in [0.3, 0.4) is 0 Å². The van der Waals surface area contributed by atoms with Crippen LogP contribution < -0.4 is 10.1 Å². The Morgan fingerprint density at radius 2 is 2.15 bits per heavy atom. The molecule has 2 aliphatic rings. The number of likely N-dealkylation sites (tertiary alicyclic amines) is 1. The number of tetrazole rings is 1. The van der Waals surface area contributed by atoms with Gasteiger partial charge in [-0.2, -0.15) is 4.80 Å². The first-order chi connectivity index (χ1) is 15.9. The highest BCUT2D eigenvalue weighted by atomic mass is 16.5. The lowest BCUT2D eigenvalue weighted by Crippen LogP contribution is -2.46. The average molecular weight is 449 g/mol. The van der Waals surface area contributed by atoms with Crippen LogP contribution in [0.25, 0.3) is 11.4 Å². The lowest BCUT2D eigenvalue weighted by molar-refractivity contribution is -0.131. The standard InChI is InChI=1S/C23H28N8O2/c1-14(16-6-9-24-19(12-16)33-4)22(32)31-10-8-23(13-31)7-5-17-11-18(15(2)25-20(17)26-23)21-27-29-30(3)28-21/h6,9,11-12,14H,5,7-8,10,13H2,1-4H3,(H,25,26)/t14?,23-/m0/s1. The van der Waals surface area contributed by atoms with Gasteiger partial charge in [-0.15, -0.1) is 10.2 Å². The molecular weight excluding hydrogens is 420 g/mol. The predicted octanol–water partition coefficient (Wildman–Crippen LogP) is 2.12. The number of carbonyl (C=O) groups excluding carboxylic acids is 1. The van der Waals surface area contributed by atoms with E-state index in [2.05, 4.69) is 31.8 Å². The first-order valence-electron chi connectivity index (χ1n) is 11.2. The normalized spacial score (nSPS) is 20.4. The molecule has 3 aromatic rings. The number of anilines is 1. The van der Waals surface area contributed by atoms with Gasteiger partial charge in [-0.05, 0) is 61.6 Å². The third-order valence-electron chi connectivity index (χ3n) is 6.80. The Hall–Kier alpha value is -3.56. The van der Waals surface area contributed by atoms with Gasteiger partial charge in [0.2, 0.25) is 17.6 Å². The van der Waals surface area contributed by atoms with E-state index in [4.69, 9.17) is 9.72 Å². The number of amides is 1. The molecule has 0 aromatic carbocycles. The van der Waals surface area contributed by atoms with E-state index in [1.54, 1.807) is 20.4 Å². The molecule has 33 heavy (non-hydrogen) atoms. The SMILES string of the molecule is COc1cc(C(C)C(=O)N2CC[C@@]3(CCc4cc(-c5nnn(C)n5)c(C)nc4N3)C2)ccn1. The van der Waals surface area contributed by atoms with Gasteiger partial charge >= 0.3 is 0 Å². The fraction of sp³-hybridized carbons (Fsp3) is 0.478. The van der Waals surface area contributed by atoms with Crippen molar-refractivity contribution in [3.05, 3.63) is 41.2 Å². The Labute approximate surface area is 192 Å². The maximum atomic E-state index is 13.3. The predicted molar refractivity (Wildman–Crippen MR) is 122 cm³/mol. The number of nitrogens with one attached hydrogen (secondary N) is 1. The molecule has 1 unspecified atom stereocenters. The lowest BCUT2D eigenvalue weighted by Gasteiger charge is -2.36. The number of aromatic nitrogens is 6. The van der Waals surface area contributed by atoms with Crippen molar-refractivity contribution < 1.29 is 9.53 Å². The van der Waals surface area contributed by atoms with Crippen LogP contribution in [0.15, 0.2) is 24.4 Å². The monoisotopic (exact) mass is 448 g/mol. The number of nitrogens with zero attached hydrogens (tertiary/aromatic N) is 7. The summed E-state index contributed by atoms with van der Waals surface area (Å²) in [5, 5.41) is 16.1. The van der Waals surface area contributed by atoms with Gasteiger partial charge in [-0.1, -0.05) is 0 Å². The molecule has 1 amide bonds. The molecule has 1 saturated heterocycles. The Morgan fingerprint density at radius 3 is 2.91 bits per heavy atom. The maximum Gasteiger partial charge on any atom is 0.229 e. The summed E-state index contributed by atoms with van der Waals surface area (Å²) >= 11 is 0. The second kappa shape index (κ2) is 8.09. The molecule has 0 saturated carbocycles. The number of ether oxygens (including phenoxy) is 1. The molecule has 0 bridgehead atoms. The Kier molecular flexibility index (Phi) is 5.22. The van der Waals surface area contributed by atoms with Crippen LogP contribution in [0.2, 0.25) is 0 Å². The number of hydrogen-bond donors (Lipinski definition) is 1. The highest BCUT2D eigenvalue weighted by Crippen LogP contribution is 2.38. The van der Waals surface area contributed by atoms with Gasteiger partial charge in [-0.25, -0.2) is 9.97 Å². The van der Waals surface area contributed by atoms with Crippen molar-refractivity contribution in [2.45, 2.75) is 44.6 Å². The summed E-state index contributed by atoms with van der Waals surface area (Å²) in [5.74, 6) is 1.88. The second-order valence-corrected chi connectivity index (χ2v) is 9.00.